The summed E-state index contributed by atoms with van der Waals surface area (Å²) in [6, 6.07) is 8.06. The van der Waals surface area contributed by atoms with Crippen LogP contribution in [-0.4, -0.2) is 23.5 Å². The maximum Gasteiger partial charge on any atom is 0.123 e. The van der Waals surface area contributed by atoms with Gasteiger partial charge in [-0.25, -0.2) is 4.39 Å². The molecule has 1 aliphatic carbocycles. The second kappa shape index (κ2) is 4.39. The zero-order valence-electron chi connectivity index (χ0n) is 9.98. The molecule has 2 atom stereocenters. The van der Waals surface area contributed by atoms with Crippen LogP contribution in [-0.2, 0) is 0 Å². The Morgan fingerprint density at radius 3 is 2.47 bits per heavy atom. The van der Waals surface area contributed by atoms with Gasteiger partial charge in [0.25, 0.3) is 0 Å². The van der Waals surface area contributed by atoms with Gasteiger partial charge in [-0.1, -0.05) is 12.1 Å². The molecule has 3 rings (SSSR count). The van der Waals surface area contributed by atoms with Crippen LogP contribution in [0.1, 0.15) is 37.3 Å². The van der Waals surface area contributed by atoms with Crippen LogP contribution in [0, 0.1) is 5.82 Å². The third-order valence-corrected chi connectivity index (χ3v) is 3.94. The Balaban J connectivity index is 1.87. The Kier molecular flexibility index (Phi) is 2.89. The minimum absolute atomic E-state index is 0.170. The van der Waals surface area contributed by atoms with E-state index in [1.54, 1.807) is 12.1 Å². The summed E-state index contributed by atoms with van der Waals surface area (Å²) in [5.74, 6) is -0.170. The van der Waals surface area contributed by atoms with E-state index in [1.165, 1.54) is 24.8 Å². The van der Waals surface area contributed by atoms with E-state index in [1.807, 2.05) is 12.1 Å². The van der Waals surface area contributed by atoms with Gasteiger partial charge >= 0.3 is 0 Å². The fraction of sp³-hybridized carbons (Fsp3) is 0.571. The smallest absolute Gasteiger partial charge is 0.123 e. The lowest BCUT2D eigenvalue weighted by Gasteiger charge is -2.40. The lowest BCUT2D eigenvalue weighted by atomic mass is 9.91. The molecule has 3 heteroatoms. The highest BCUT2D eigenvalue weighted by molar-refractivity contribution is 5.23. The Labute approximate surface area is 102 Å². The molecule has 0 spiro atoms. The van der Waals surface area contributed by atoms with Crippen LogP contribution >= 0.6 is 0 Å². The van der Waals surface area contributed by atoms with Crippen LogP contribution in [0.15, 0.2) is 24.3 Å². The van der Waals surface area contributed by atoms with Gasteiger partial charge in [0.15, 0.2) is 0 Å². The summed E-state index contributed by atoms with van der Waals surface area (Å²) in [6.45, 7) is 1.14. The number of nitrogens with two attached hydrogens (primary N) is 1. The number of nitrogens with zero attached hydrogens (tertiary/aromatic N) is 1. The Bertz CT molecular complexity index is 386. The van der Waals surface area contributed by atoms with E-state index in [9.17, 15) is 4.39 Å². The maximum atomic E-state index is 13.0. The molecule has 2 unspecified atom stereocenters. The van der Waals surface area contributed by atoms with Crippen molar-refractivity contribution in [2.45, 2.75) is 43.8 Å². The molecule has 92 valence electrons. The summed E-state index contributed by atoms with van der Waals surface area (Å²) in [7, 11) is 0. The third-order valence-electron chi connectivity index (χ3n) is 3.94. The van der Waals surface area contributed by atoms with Gasteiger partial charge in [-0.2, -0.15) is 0 Å². The average Bonchev–Trinajstić information content (AvgIpc) is 3.14. The monoisotopic (exact) mass is 234 g/mol. The van der Waals surface area contributed by atoms with Gasteiger partial charge in [0, 0.05) is 12.1 Å². The topological polar surface area (TPSA) is 29.3 Å². The molecule has 2 fully saturated rings. The highest BCUT2D eigenvalue weighted by atomic mass is 19.1. The van der Waals surface area contributed by atoms with E-state index in [0.29, 0.717) is 0 Å². The molecule has 1 saturated carbocycles. The number of hydrogen-bond donors (Lipinski definition) is 1. The van der Waals surface area contributed by atoms with Gasteiger partial charge in [-0.15, -0.1) is 0 Å². The Hall–Kier alpha value is -0.930. The van der Waals surface area contributed by atoms with Crippen molar-refractivity contribution in [3.63, 3.8) is 0 Å². The van der Waals surface area contributed by atoms with Crippen LogP contribution in [0.25, 0.3) is 0 Å². The molecule has 1 heterocycles. The SMILES string of the molecule is NC1CCCN(C2CC2)C1c1ccc(F)cc1. The van der Waals surface area contributed by atoms with Crippen LogP contribution < -0.4 is 5.73 Å². The summed E-state index contributed by atoms with van der Waals surface area (Å²) in [5, 5.41) is 0. The van der Waals surface area contributed by atoms with Gasteiger partial charge < -0.3 is 5.73 Å². The summed E-state index contributed by atoms with van der Waals surface area (Å²) in [5.41, 5.74) is 7.44. The zero-order valence-corrected chi connectivity index (χ0v) is 9.98. The minimum Gasteiger partial charge on any atom is -0.326 e. The predicted octanol–water partition coefficient (Wildman–Crippen LogP) is 2.45. The van der Waals surface area contributed by atoms with Crippen LogP contribution in [0.3, 0.4) is 0 Å². The number of halogens is 1. The van der Waals surface area contributed by atoms with Gasteiger partial charge in [-0.05, 0) is 49.9 Å². The fourth-order valence-corrected chi connectivity index (χ4v) is 2.97. The van der Waals surface area contributed by atoms with Gasteiger partial charge in [0.05, 0.1) is 6.04 Å². The Morgan fingerprint density at radius 2 is 1.82 bits per heavy atom. The summed E-state index contributed by atoms with van der Waals surface area (Å²) < 4.78 is 13.0. The van der Waals surface area contributed by atoms with E-state index in [2.05, 4.69) is 4.90 Å². The molecule has 0 radical (unpaired) electrons. The van der Waals surface area contributed by atoms with Gasteiger partial charge in [-0.3, -0.25) is 4.90 Å². The molecule has 17 heavy (non-hydrogen) atoms. The van der Waals surface area contributed by atoms with Crippen molar-refractivity contribution in [2.24, 2.45) is 5.73 Å². The average molecular weight is 234 g/mol. The normalized spacial score (nSPS) is 30.5. The van der Waals surface area contributed by atoms with Crippen molar-refractivity contribution in [1.82, 2.24) is 4.90 Å². The molecular weight excluding hydrogens is 215 g/mol. The molecule has 0 bridgehead atoms. The van der Waals surface area contributed by atoms with Gasteiger partial charge in [0.1, 0.15) is 5.82 Å². The van der Waals surface area contributed by atoms with Crippen molar-refractivity contribution >= 4 is 0 Å². The van der Waals surface area contributed by atoms with E-state index in [4.69, 9.17) is 5.73 Å². The molecule has 2 nitrogen and oxygen atoms in total. The largest absolute Gasteiger partial charge is 0.326 e. The van der Waals surface area contributed by atoms with Crippen molar-refractivity contribution in [1.29, 1.82) is 0 Å². The minimum atomic E-state index is -0.170. The molecule has 1 aliphatic heterocycles. The van der Waals surface area contributed by atoms with E-state index in [0.717, 1.165) is 19.0 Å². The van der Waals surface area contributed by atoms with Gasteiger partial charge in [0.2, 0.25) is 0 Å². The molecule has 2 aliphatic rings. The lowest BCUT2D eigenvalue weighted by Crippen LogP contribution is -2.46. The number of rotatable bonds is 2. The first-order valence-electron chi connectivity index (χ1n) is 6.52. The van der Waals surface area contributed by atoms with Crippen LogP contribution in [0.5, 0.6) is 0 Å². The molecular formula is C14H19FN2. The van der Waals surface area contributed by atoms with E-state index < -0.39 is 0 Å². The summed E-state index contributed by atoms with van der Waals surface area (Å²) >= 11 is 0. The molecule has 0 amide bonds. The number of piperidine rings is 1. The molecule has 2 N–H and O–H groups in total. The third kappa shape index (κ3) is 2.22. The quantitative estimate of drug-likeness (QED) is 0.851. The summed E-state index contributed by atoms with van der Waals surface area (Å²) in [4.78, 5) is 2.53. The van der Waals surface area contributed by atoms with Crippen molar-refractivity contribution in [2.75, 3.05) is 6.54 Å². The standard InChI is InChI=1S/C14H19FN2/c15-11-5-3-10(4-6-11)14-13(16)2-1-9-17(14)12-7-8-12/h3-6,12-14H,1-2,7-9,16H2. The van der Waals surface area contributed by atoms with E-state index >= 15 is 0 Å². The summed E-state index contributed by atoms with van der Waals surface area (Å²) in [6.07, 6.45) is 4.86. The second-order valence-corrected chi connectivity index (χ2v) is 5.27. The zero-order chi connectivity index (χ0) is 11.8. The predicted molar refractivity (Wildman–Crippen MR) is 66.1 cm³/mol. The first-order valence-corrected chi connectivity index (χ1v) is 6.52. The van der Waals surface area contributed by atoms with Crippen molar-refractivity contribution in [3.05, 3.63) is 35.6 Å². The molecule has 1 aromatic carbocycles. The highest BCUT2D eigenvalue weighted by Crippen LogP contribution is 2.39. The van der Waals surface area contributed by atoms with Crippen LogP contribution in [0.4, 0.5) is 4.39 Å². The lowest BCUT2D eigenvalue weighted by molar-refractivity contribution is 0.120. The first kappa shape index (κ1) is 11.2. The number of hydrogen-bond acceptors (Lipinski definition) is 2. The Morgan fingerprint density at radius 1 is 1.12 bits per heavy atom. The highest BCUT2D eigenvalue weighted by Gasteiger charge is 2.39. The fourth-order valence-electron chi connectivity index (χ4n) is 2.97. The van der Waals surface area contributed by atoms with Crippen LogP contribution in [0.2, 0.25) is 0 Å². The number of benzene rings is 1. The van der Waals surface area contributed by atoms with Crippen molar-refractivity contribution < 1.29 is 4.39 Å². The second-order valence-electron chi connectivity index (χ2n) is 5.27. The first-order chi connectivity index (χ1) is 8.25. The van der Waals surface area contributed by atoms with E-state index in [-0.39, 0.29) is 17.9 Å². The number of likely N-dealkylation sites (tertiary alicyclic amines) is 1. The molecule has 1 aromatic rings. The molecule has 0 aromatic heterocycles. The molecule has 1 saturated heterocycles. The van der Waals surface area contributed by atoms with Crippen molar-refractivity contribution in [3.8, 4) is 0 Å². The maximum absolute atomic E-state index is 13.0.